The summed E-state index contributed by atoms with van der Waals surface area (Å²) in [6.45, 7) is 1.85. The summed E-state index contributed by atoms with van der Waals surface area (Å²) in [5.41, 5.74) is 2.07. The first-order valence-corrected chi connectivity index (χ1v) is 9.63. The minimum Gasteiger partial charge on any atom is -0.497 e. The lowest BCUT2D eigenvalue weighted by molar-refractivity contribution is -0.139. The Bertz CT molecular complexity index is 903. The number of rotatable bonds is 6. The quantitative estimate of drug-likeness (QED) is 0.612. The summed E-state index contributed by atoms with van der Waals surface area (Å²) in [4.78, 5) is 29.8. The van der Waals surface area contributed by atoms with Gasteiger partial charge in [-0.3, -0.25) is 19.7 Å². The molecule has 0 amide bonds. The van der Waals surface area contributed by atoms with Crippen LogP contribution in [0.1, 0.15) is 50.3 Å². The Hall–Kier alpha value is -2.83. The van der Waals surface area contributed by atoms with E-state index < -0.39 is 5.97 Å². The number of esters is 1. The van der Waals surface area contributed by atoms with Crippen molar-refractivity contribution in [1.29, 1.82) is 0 Å². The van der Waals surface area contributed by atoms with Crippen LogP contribution in [0.2, 0.25) is 0 Å². The molecule has 1 saturated carbocycles. The van der Waals surface area contributed by atoms with E-state index in [1.807, 2.05) is 6.92 Å². The second-order valence-corrected chi connectivity index (χ2v) is 7.06. The predicted molar refractivity (Wildman–Crippen MR) is 108 cm³/mol. The number of aliphatic imine (C=N–C) groups is 1. The summed E-state index contributed by atoms with van der Waals surface area (Å²) in [6, 6.07) is 7.38. The van der Waals surface area contributed by atoms with E-state index >= 15 is 0 Å². The highest BCUT2D eigenvalue weighted by Gasteiger charge is 2.22. The van der Waals surface area contributed by atoms with Gasteiger partial charge in [0.05, 0.1) is 43.6 Å². The fourth-order valence-electron chi connectivity index (χ4n) is 3.66. The maximum Gasteiger partial charge on any atom is 0.311 e. The molecular weight excluding hydrogens is 358 g/mol. The van der Waals surface area contributed by atoms with Gasteiger partial charge < -0.3 is 9.47 Å². The van der Waals surface area contributed by atoms with Gasteiger partial charge >= 0.3 is 5.97 Å². The number of aromatic nitrogens is 2. The molecule has 1 aliphatic carbocycles. The lowest BCUT2D eigenvalue weighted by Crippen LogP contribution is -2.21. The van der Waals surface area contributed by atoms with E-state index in [2.05, 4.69) is 5.10 Å². The summed E-state index contributed by atoms with van der Waals surface area (Å²) in [5.74, 6) is 0.295. The summed E-state index contributed by atoms with van der Waals surface area (Å²) in [6.07, 6.45) is 5.65. The molecule has 0 aliphatic heterocycles. The molecule has 0 atom stereocenters. The van der Waals surface area contributed by atoms with E-state index in [4.69, 9.17) is 14.5 Å². The van der Waals surface area contributed by atoms with Gasteiger partial charge in [0, 0.05) is 5.71 Å². The fraction of sp³-hybridized carbons (Fsp3) is 0.476. The van der Waals surface area contributed by atoms with E-state index in [9.17, 15) is 9.59 Å². The second kappa shape index (κ2) is 8.91. The Labute approximate surface area is 164 Å². The summed E-state index contributed by atoms with van der Waals surface area (Å²) >= 11 is 0. The lowest BCUT2D eigenvalue weighted by Gasteiger charge is -2.18. The zero-order valence-corrected chi connectivity index (χ0v) is 16.7. The smallest absolute Gasteiger partial charge is 0.311 e. The van der Waals surface area contributed by atoms with Crippen LogP contribution in [0.5, 0.6) is 5.75 Å². The number of aromatic amines is 1. The zero-order chi connectivity index (χ0) is 20.1. The minimum absolute atomic E-state index is 0.0121. The molecule has 0 bridgehead atoms. The van der Waals surface area contributed by atoms with Crippen molar-refractivity contribution in [2.75, 3.05) is 14.2 Å². The molecule has 1 heterocycles. The molecule has 7 nitrogen and oxygen atoms in total. The molecule has 2 aromatic rings. The van der Waals surface area contributed by atoms with Gasteiger partial charge in [-0.05, 0) is 44.0 Å². The second-order valence-electron chi connectivity index (χ2n) is 7.06. The number of hydrogen-bond acceptors (Lipinski definition) is 5. The van der Waals surface area contributed by atoms with Crippen molar-refractivity contribution in [3.8, 4) is 11.4 Å². The molecule has 1 fully saturated rings. The number of carbonyl (C=O) groups is 1. The molecule has 1 aromatic carbocycles. The van der Waals surface area contributed by atoms with Gasteiger partial charge in [-0.2, -0.15) is 0 Å². The highest BCUT2D eigenvalue weighted by Crippen LogP contribution is 2.21. The summed E-state index contributed by atoms with van der Waals surface area (Å²) < 4.78 is 11.4. The first kappa shape index (κ1) is 19.9. The van der Waals surface area contributed by atoms with Crippen LogP contribution in [0, 0.1) is 0 Å². The molecule has 28 heavy (non-hydrogen) atoms. The number of carbonyl (C=O) groups excluding carboxylic acids is 1. The maximum absolute atomic E-state index is 13.2. The van der Waals surface area contributed by atoms with Crippen LogP contribution in [-0.2, 0) is 16.0 Å². The minimum atomic E-state index is -0.408. The molecule has 0 radical (unpaired) electrons. The molecule has 1 N–H and O–H groups in total. The Morgan fingerprint density at radius 2 is 1.86 bits per heavy atom. The molecule has 150 valence electrons. The normalized spacial score (nSPS) is 15.5. The van der Waals surface area contributed by atoms with Crippen molar-refractivity contribution in [1.82, 2.24) is 9.78 Å². The van der Waals surface area contributed by atoms with Gasteiger partial charge in [0.1, 0.15) is 5.75 Å². The molecule has 0 saturated heterocycles. The highest BCUT2D eigenvalue weighted by molar-refractivity contribution is 6.00. The number of ether oxygens (including phenoxy) is 2. The van der Waals surface area contributed by atoms with Crippen molar-refractivity contribution in [3.63, 3.8) is 0 Å². The van der Waals surface area contributed by atoms with Crippen molar-refractivity contribution < 1.29 is 14.3 Å². The van der Waals surface area contributed by atoms with Gasteiger partial charge in [-0.25, -0.2) is 4.68 Å². The number of H-pyrrole nitrogens is 1. The number of methoxy groups -OCH3 is 2. The number of nitrogens with zero attached hydrogens (tertiary/aromatic N) is 2. The largest absolute Gasteiger partial charge is 0.497 e. The average Bonchev–Trinajstić information content (AvgIpc) is 3.04. The van der Waals surface area contributed by atoms with Crippen LogP contribution in [-0.4, -0.2) is 41.7 Å². The van der Waals surface area contributed by atoms with Crippen LogP contribution in [0.3, 0.4) is 0 Å². The van der Waals surface area contributed by atoms with E-state index in [0.29, 0.717) is 28.4 Å². The van der Waals surface area contributed by atoms with Crippen LogP contribution in [0.15, 0.2) is 34.1 Å². The van der Waals surface area contributed by atoms with E-state index in [1.54, 1.807) is 31.4 Å². The van der Waals surface area contributed by atoms with Gasteiger partial charge in [-0.1, -0.05) is 19.3 Å². The molecule has 0 spiro atoms. The van der Waals surface area contributed by atoms with Crippen LogP contribution >= 0.6 is 0 Å². The maximum atomic E-state index is 13.2. The van der Waals surface area contributed by atoms with Crippen molar-refractivity contribution >= 4 is 11.7 Å². The third-order valence-electron chi connectivity index (χ3n) is 5.16. The molecule has 0 unspecified atom stereocenters. The Morgan fingerprint density at radius 1 is 1.18 bits per heavy atom. The first-order valence-electron chi connectivity index (χ1n) is 9.63. The lowest BCUT2D eigenvalue weighted by atomic mass is 9.95. The van der Waals surface area contributed by atoms with Gasteiger partial charge in [0.25, 0.3) is 5.56 Å². The average molecular weight is 385 g/mol. The van der Waals surface area contributed by atoms with Crippen molar-refractivity contribution in [2.24, 2.45) is 4.99 Å². The van der Waals surface area contributed by atoms with E-state index in [1.165, 1.54) is 31.1 Å². The van der Waals surface area contributed by atoms with E-state index in [0.717, 1.165) is 12.8 Å². The van der Waals surface area contributed by atoms with Crippen LogP contribution in [0.25, 0.3) is 5.69 Å². The first-order chi connectivity index (χ1) is 13.5. The molecule has 3 rings (SSSR count). The molecule has 1 aliphatic rings. The molecular formula is C21H27N3O4. The van der Waals surface area contributed by atoms with E-state index in [-0.39, 0.29) is 18.0 Å². The SMILES string of the molecule is COC(=O)Cc1[nH]n(-c2ccc(OC)cc2)c(=O)c1C(C)=NC1CCCCC1. The van der Waals surface area contributed by atoms with Crippen LogP contribution < -0.4 is 10.3 Å². The summed E-state index contributed by atoms with van der Waals surface area (Å²) in [5, 5.41) is 3.07. The molecule has 1 aromatic heterocycles. The van der Waals surface area contributed by atoms with Gasteiger partial charge in [0.15, 0.2) is 0 Å². The molecule has 7 heteroatoms. The standard InChI is InChI=1S/C21H27N3O4/c1-14(22-15-7-5-4-6-8-15)20-18(13-19(25)28-3)23-24(21(20)26)16-9-11-17(27-2)12-10-16/h9-12,15,23H,4-8,13H2,1-3H3. The van der Waals surface area contributed by atoms with Gasteiger partial charge in [0.2, 0.25) is 0 Å². The number of nitrogens with one attached hydrogen (secondary N) is 1. The summed E-state index contributed by atoms with van der Waals surface area (Å²) in [7, 11) is 2.93. The number of benzene rings is 1. The van der Waals surface area contributed by atoms with Crippen LogP contribution in [0.4, 0.5) is 0 Å². The Kier molecular flexibility index (Phi) is 6.34. The third-order valence-corrected chi connectivity index (χ3v) is 5.16. The third kappa shape index (κ3) is 4.35. The van der Waals surface area contributed by atoms with Crippen molar-refractivity contribution in [3.05, 3.63) is 45.9 Å². The fourth-order valence-corrected chi connectivity index (χ4v) is 3.66. The highest BCUT2D eigenvalue weighted by atomic mass is 16.5. The Morgan fingerprint density at radius 3 is 2.46 bits per heavy atom. The predicted octanol–water partition coefficient (Wildman–Crippen LogP) is 3.03. The topological polar surface area (TPSA) is 85.7 Å². The zero-order valence-electron chi connectivity index (χ0n) is 16.7. The van der Waals surface area contributed by atoms with Gasteiger partial charge in [-0.15, -0.1) is 0 Å². The number of hydrogen-bond donors (Lipinski definition) is 1. The Balaban J connectivity index is 2.02. The monoisotopic (exact) mass is 385 g/mol. The van der Waals surface area contributed by atoms with Crippen molar-refractivity contribution in [2.45, 2.75) is 51.5 Å².